The molecule has 0 saturated carbocycles. The van der Waals surface area contributed by atoms with E-state index in [2.05, 4.69) is 38.3 Å². The van der Waals surface area contributed by atoms with Gasteiger partial charge in [-0.25, -0.2) is 4.39 Å². The average molecular weight is 419 g/mol. The number of hydrogen-bond acceptors (Lipinski definition) is 4. The third-order valence-electron chi connectivity index (χ3n) is 5.64. The van der Waals surface area contributed by atoms with Gasteiger partial charge in [0, 0.05) is 45.1 Å². The van der Waals surface area contributed by atoms with Crippen molar-refractivity contribution < 1.29 is 9.18 Å². The largest absolute Gasteiger partial charge is 0.367 e. The minimum Gasteiger partial charge on any atom is -0.367 e. The molecule has 0 aliphatic carbocycles. The molecule has 0 bridgehead atoms. The number of hydrogen-bond donors (Lipinski definition) is 1. The SMILES string of the molecule is O=C(Cc1ccc(F)cc1)Nc1ccccc1N1CCN(CCc2ccncc2)CC1. The lowest BCUT2D eigenvalue weighted by Crippen LogP contribution is -2.47. The Hall–Kier alpha value is -3.25. The number of nitrogens with zero attached hydrogens (tertiary/aromatic N) is 3. The Morgan fingerprint density at radius 2 is 1.61 bits per heavy atom. The summed E-state index contributed by atoms with van der Waals surface area (Å²) in [7, 11) is 0. The lowest BCUT2D eigenvalue weighted by atomic mass is 10.1. The molecule has 1 aromatic heterocycles. The zero-order valence-corrected chi connectivity index (χ0v) is 17.5. The standard InChI is InChI=1S/C25H27FN4O/c26-22-7-5-21(6-8-22)19-25(31)28-23-3-1-2-4-24(23)30-17-15-29(16-18-30)14-11-20-9-12-27-13-10-20/h1-10,12-13H,11,14-19H2,(H,28,31). The van der Waals surface area contributed by atoms with E-state index in [4.69, 9.17) is 0 Å². The van der Waals surface area contributed by atoms with Crippen molar-refractivity contribution in [3.63, 3.8) is 0 Å². The maximum atomic E-state index is 13.1. The van der Waals surface area contributed by atoms with Crippen LogP contribution < -0.4 is 10.2 Å². The second kappa shape index (κ2) is 10.2. The number of halogens is 1. The lowest BCUT2D eigenvalue weighted by molar-refractivity contribution is -0.115. The summed E-state index contributed by atoms with van der Waals surface area (Å²) in [6.07, 6.45) is 4.93. The number of nitrogens with one attached hydrogen (secondary N) is 1. The minimum absolute atomic E-state index is 0.102. The Labute approximate surface area is 182 Å². The topological polar surface area (TPSA) is 48.5 Å². The first-order chi connectivity index (χ1) is 15.2. The first-order valence-corrected chi connectivity index (χ1v) is 10.7. The fraction of sp³-hybridized carbons (Fsp3) is 0.280. The highest BCUT2D eigenvalue weighted by Crippen LogP contribution is 2.27. The number of pyridine rings is 1. The Morgan fingerprint density at radius 3 is 2.35 bits per heavy atom. The van der Waals surface area contributed by atoms with E-state index < -0.39 is 0 Å². The molecular weight excluding hydrogens is 391 g/mol. The highest BCUT2D eigenvalue weighted by molar-refractivity contribution is 5.95. The van der Waals surface area contributed by atoms with Gasteiger partial charge in [0.2, 0.25) is 5.91 Å². The van der Waals surface area contributed by atoms with Crippen LogP contribution in [-0.4, -0.2) is 48.5 Å². The monoisotopic (exact) mass is 418 g/mol. The van der Waals surface area contributed by atoms with Gasteiger partial charge in [-0.05, 0) is 53.9 Å². The van der Waals surface area contributed by atoms with Crippen LogP contribution >= 0.6 is 0 Å². The molecule has 5 nitrogen and oxygen atoms in total. The lowest BCUT2D eigenvalue weighted by Gasteiger charge is -2.37. The Kier molecular flexibility index (Phi) is 6.89. The number of rotatable bonds is 7. The highest BCUT2D eigenvalue weighted by Gasteiger charge is 2.19. The van der Waals surface area contributed by atoms with Crippen molar-refractivity contribution in [1.82, 2.24) is 9.88 Å². The number of amides is 1. The van der Waals surface area contributed by atoms with Gasteiger partial charge < -0.3 is 10.2 Å². The Bertz CT molecular complexity index is 986. The van der Waals surface area contributed by atoms with Gasteiger partial charge in [0.15, 0.2) is 0 Å². The summed E-state index contributed by atoms with van der Waals surface area (Å²) in [4.78, 5) is 21.4. The summed E-state index contributed by atoms with van der Waals surface area (Å²) in [6, 6.07) is 18.1. The quantitative estimate of drug-likeness (QED) is 0.635. The fourth-order valence-electron chi connectivity index (χ4n) is 3.89. The molecule has 0 spiro atoms. The molecule has 160 valence electrons. The van der Waals surface area contributed by atoms with Crippen LogP contribution in [0.25, 0.3) is 0 Å². The van der Waals surface area contributed by atoms with Gasteiger partial charge in [0.05, 0.1) is 17.8 Å². The maximum Gasteiger partial charge on any atom is 0.228 e. The first-order valence-electron chi connectivity index (χ1n) is 10.7. The van der Waals surface area contributed by atoms with Gasteiger partial charge in [-0.1, -0.05) is 24.3 Å². The van der Waals surface area contributed by atoms with E-state index in [1.807, 2.05) is 30.6 Å². The van der Waals surface area contributed by atoms with Gasteiger partial charge >= 0.3 is 0 Å². The smallest absolute Gasteiger partial charge is 0.228 e. The number of aromatic nitrogens is 1. The van der Waals surface area contributed by atoms with Crippen LogP contribution in [0.5, 0.6) is 0 Å². The zero-order valence-electron chi connectivity index (χ0n) is 17.5. The fourth-order valence-corrected chi connectivity index (χ4v) is 3.89. The van der Waals surface area contributed by atoms with Crippen LogP contribution in [-0.2, 0) is 17.6 Å². The molecule has 0 atom stereocenters. The minimum atomic E-state index is -0.297. The van der Waals surface area contributed by atoms with E-state index in [0.29, 0.717) is 0 Å². The van der Waals surface area contributed by atoms with Gasteiger partial charge in [-0.2, -0.15) is 0 Å². The predicted molar refractivity (Wildman–Crippen MR) is 122 cm³/mol. The summed E-state index contributed by atoms with van der Waals surface area (Å²) < 4.78 is 13.1. The number of para-hydroxylation sites is 2. The summed E-state index contributed by atoms with van der Waals surface area (Å²) in [5.41, 5.74) is 3.97. The molecule has 4 rings (SSSR count). The zero-order chi connectivity index (χ0) is 21.5. The number of piperazine rings is 1. The van der Waals surface area contributed by atoms with E-state index in [-0.39, 0.29) is 18.1 Å². The van der Waals surface area contributed by atoms with E-state index in [1.54, 1.807) is 12.1 Å². The molecule has 1 saturated heterocycles. The van der Waals surface area contributed by atoms with E-state index in [0.717, 1.165) is 56.1 Å². The van der Waals surface area contributed by atoms with E-state index >= 15 is 0 Å². The van der Waals surface area contributed by atoms with Crippen LogP contribution in [0.1, 0.15) is 11.1 Å². The third kappa shape index (κ3) is 5.89. The van der Waals surface area contributed by atoms with Crippen molar-refractivity contribution in [3.05, 3.63) is 90.0 Å². The Morgan fingerprint density at radius 1 is 0.903 bits per heavy atom. The second-order valence-electron chi connectivity index (χ2n) is 7.80. The van der Waals surface area contributed by atoms with Crippen molar-refractivity contribution >= 4 is 17.3 Å². The first kappa shape index (κ1) is 21.0. The van der Waals surface area contributed by atoms with Crippen molar-refractivity contribution in [1.29, 1.82) is 0 Å². The van der Waals surface area contributed by atoms with Crippen LogP contribution in [0.2, 0.25) is 0 Å². The molecule has 3 aromatic rings. The van der Waals surface area contributed by atoms with Crippen molar-refractivity contribution in [2.75, 3.05) is 42.9 Å². The molecule has 2 heterocycles. The summed E-state index contributed by atoms with van der Waals surface area (Å²) in [5.74, 6) is -0.399. The van der Waals surface area contributed by atoms with Crippen LogP contribution in [0.3, 0.4) is 0 Å². The summed E-state index contributed by atoms with van der Waals surface area (Å²) in [6.45, 7) is 4.85. The molecule has 1 aliphatic heterocycles. The molecule has 1 fully saturated rings. The normalized spacial score (nSPS) is 14.4. The number of benzene rings is 2. The van der Waals surface area contributed by atoms with E-state index in [9.17, 15) is 9.18 Å². The van der Waals surface area contributed by atoms with Gasteiger partial charge in [0.1, 0.15) is 5.82 Å². The summed E-state index contributed by atoms with van der Waals surface area (Å²) >= 11 is 0. The van der Waals surface area contributed by atoms with Crippen molar-refractivity contribution in [2.45, 2.75) is 12.8 Å². The molecule has 2 aromatic carbocycles. The maximum absolute atomic E-state index is 13.1. The van der Waals surface area contributed by atoms with Crippen molar-refractivity contribution in [3.8, 4) is 0 Å². The Balaban J connectivity index is 1.32. The second-order valence-corrected chi connectivity index (χ2v) is 7.80. The molecule has 6 heteroatoms. The van der Waals surface area contributed by atoms with Crippen LogP contribution in [0.4, 0.5) is 15.8 Å². The molecule has 1 aliphatic rings. The van der Waals surface area contributed by atoms with Gasteiger partial charge in [-0.3, -0.25) is 14.7 Å². The number of carbonyl (C=O) groups excluding carboxylic acids is 1. The molecule has 1 N–H and O–H groups in total. The van der Waals surface area contributed by atoms with Crippen LogP contribution in [0, 0.1) is 5.82 Å². The molecule has 31 heavy (non-hydrogen) atoms. The summed E-state index contributed by atoms with van der Waals surface area (Å²) in [5, 5.41) is 3.03. The molecule has 0 radical (unpaired) electrons. The van der Waals surface area contributed by atoms with Gasteiger partial charge in [0.25, 0.3) is 0 Å². The molecule has 0 unspecified atom stereocenters. The van der Waals surface area contributed by atoms with E-state index in [1.165, 1.54) is 17.7 Å². The molecule has 1 amide bonds. The average Bonchev–Trinajstić information content (AvgIpc) is 2.81. The van der Waals surface area contributed by atoms with Crippen molar-refractivity contribution in [2.24, 2.45) is 0 Å². The molecular formula is C25H27FN4O. The van der Waals surface area contributed by atoms with Gasteiger partial charge in [-0.15, -0.1) is 0 Å². The highest BCUT2D eigenvalue weighted by atomic mass is 19.1. The van der Waals surface area contributed by atoms with Crippen LogP contribution in [0.15, 0.2) is 73.1 Å². The number of carbonyl (C=O) groups is 1. The number of anilines is 2. The third-order valence-corrected chi connectivity index (χ3v) is 5.64. The predicted octanol–water partition coefficient (Wildman–Crippen LogP) is 3.77.